The van der Waals surface area contributed by atoms with Gasteiger partial charge in [-0.2, -0.15) is 0 Å². The van der Waals surface area contributed by atoms with E-state index in [1.807, 2.05) is 0 Å². The van der Waals surface area contributed by atoms with Crippen LogP contribution >= 0.6 is 15.9 Å². The lowest BCUT2D eigenvalue weighted by Crippen LogP contribution is -1.98. The van der Waals surface area contributed by atoms with E-state index in [0.717, 1.165) is 0 Å². The van der Waals surface area contributed by atoms with Crippen LogP contribution in [0.25, 0.3) is 0 Å². The van der Waals surface area contributed by atoms with Crippen molar-refractivity contribution in [3.05, 3.63) is 22.7 Å². The molecule has 1 rings (SSSR count). The quantitative estimate of drug-likeness (QED) is 0.650. The molecule has 1 aromatic rings. The highest BCUT2D eigenvalue weighted by Crippen LogP contribution is 2.09. The van der Waals surface area contributed by atoms with E-state index in [1.54, 1.807) is 0 Å². The number of hydrogen-bond donors (Lipinski definition) is 0. The van der Waals surface area contributed by atoms with Gasteiger partial charge in [-0.25, -0.2) is 9.97 Å². The molecule has 0 fully saturated rings. The lowest BCUT2D eigenvalue weighted by atomic mass is 10.3. The first-order valence-corrected chi connectivity index (χ1v) is 3.23. The zero-order chi connectivity index (χ0) is 10.1. The summed E-state index contributed by atoms with van der Waals surface area (Å²) in [4.78, 5) is 18.5. The van der Waals surface area contributed by atoms with Gasteiger partial charge in [-0.05, 0) is 15.9 Å². The van der Waals surface area contributed by atoms with Gasteiger partial charge in [-0.15, -0.1) is 0 Å². The van der Waals surface area contributed by atoms with Gasteiger partial charge in [0.2, 0.25) is 0 Å². The Labute approximate surface area is 70.8 Å². The number of halogens is 1. The van der Waals surface area contributed by atoms with Crippen molar-refractivity contribution in [3.63, 3.8) is 0 Å². The predicted octanol–water partition coefficient (Wildman–Crippen LogP) is 1.44. The predicted molar refractivity (Wildman–Crippen MR) is 39.7 cm³/mol. The first kappa shape index (κ1) is 4.18. The number of carbonyl (C=O) groups excluding carboxylic acids is 1. The van der Waals surface area contributed by atoms with Crippen LogP contribution in [0.4, 0.5) is 0 Å². The molecule has 0 aliphatic carbocycles. The number of Topliss-reactive ketones (excluding diaryl/α,β-unsaturated/α-hetero) is 1. The molecule has 4 heteroatoms. The molecule has 1 aromatic heterocycles. The van der Waals surface area contributed by atoms with Gasteiger partial charge < -0.3 is 0 Å². The Bertz CT molecular complexity index is 339. The van der Waals surface area contributed by atoms with Crippen molar-refractivity contribution in [1.29, 1.82) is 0 Å². The monoisotopic (exact) mass is 203 g/mol. The highest BCUT2D eigenvalue weighted by Gasteiger charge is 2.04. The zero-order valence-corrected chi connectivity index (χ0v) is 6.42. The lowest BCUT2D eigenvalue weighted by Gasteiger charge is -1.93. The molecule has 3 nitrogen and oxygen atoms in total. The molecular formula is C6H5BrN2O. The Morgan fingerprint density at radius 3 is 3.00 bits per heavy atom. The third kappa shape index (κ3) is 1.39. The summed E-state index contributed by atoms with van der Waals surface area (Å²) < 4.78 is 20.8. The van der Waals surface area contributed by atoms with E-state index in [9.17, 15) is 4.79 Å². The number of ketones is 1. The molecule has 0 spiro atoms. The van der Waals surface area contributed by atoms with Crippen molar-refractivity contribution in [1.82, 2.24) is 9.97 Å². The van der Waals surface area contributed by atoms with Crippen molar-refractivity contribution in [2.45, 2.75) is 6.85 Å². The Balaban J connectivity index is 3.10. The summed E-state index contributed by atoms with van der Waals surface area (Å²) in [6, 6.07) is 0. The van der Waals surface area contributed by atoms with Gasteiger partial charge in [0.15, 0.2) is 5.78 Å². The number of carbonyl (C=O) groups is 1. The summed E-state index contributed by atoms with van der Waals surface area (Å²) >= 11 is 2.94. The minimum atomic E-state index is -2.67. The molecular weight excluding hydrogens is 196 g/mol. The van der Waals surface area contributed by atoms with Crippen molar-refractivity contribution < 1.29 is 8.91 Å². The molecule has 0 saturated heterocycles. The highest BCUT2D eigenvalue weighted by molar-refractivity contribution is 9.10. The summed E-state index contributed by atoms with van der Waals surface area (Å²) in [7, 11) is 0. The van der Waals surface area contributed by atoms with Gasteiger partial charge >= 0.3 is 0 Å². The van der Waals surface area contributed by atoms with E-state index in [1.165, 1.54) is 12.4 Å². The minimum absolute atomic E-state index is 0.149. The first-order chi connectivity index (χ1) is 5.93. The second-order valence-electron chi connectivity index (χ2n) is 1.52. The molecule has 0 radical (unpaired) electrons. The van der Waals surface area contributed by atoms with E-state index >= 15 is 0 Å². The fourth-order valence-electron chi connectivity index (χ4n) is 0.473. The van der Waals surface area contributed by atoms with Crippen LogP contribution in [0.2, 0.25) is 0 Å². The number of nitrogens with zero attached hydrogens (tertiary/aromatic N) is 2. The van der Waals surface area contributed by atoms with Crippen LogP contribution in [-0.2, 0) is 0 Å². The van der Waals surface area contributed by atoms with Gasteiger partial charge in [0.1, 0.15) is 10.3 Å². The first-order valence-electron chi connectivity index (χ1n) is 3.94. The van der Waals surface area contributed by atoms with Gasteiger partial charge in [0, 0.05) is 23.4 Å². The molecule has 0 aromatic carbocycles. The normalized spacial score (nSPS) is 15.1. The third-order valence-corrected chi connectivity index (χ3v) is 1.45. The summed E-state index contributed by atoms with van der Waals surface area (Å²) in [5, 5.41) is 0. The maximum Gasteiger partial charge on any atom is 0.180 e. The van der Waals surface area contributed by atoms with Crippen LogP contribution in [0, 0.1) is 0 Å². The molecule has 0 atom stereocenters. The Morgan fingerprint density at radius 1 is 1.70 bits per heavy atom. The Kier molecular flexibility index (Phi) is 1.20. The second kappa shape index (κ2) is 2.88. The van der Waals surface area contributed by atoms with Crippen molar-refractivity contribution in [2.24, 2.45) is 0 Å². The Hall–Kier alpha value is -0.770. The van der Waals surface area contributed by atoms with Gasteiger partial charge in [0.05, 0.1) is 0 Å². The van der Waals surface area contributed by atoms with Crippen LogP contribution in [0.15, 0.2) is 17.0 Å². The Morgan fingerprint density at radius 2 is 2.40 bits per heavy atom. The van der Waals surface area contributed by atoms with Crippen molar-refractivity contribution in [2.75, 3.05) is 0 Å². The number of rotatable bonds is 1. The van der Waals surface area contributed by atoms with E-state index in [-0.39, 0.29) is 10.3 Å². The zero-order valence-electron chi connectivity index (χ0n) is 7.84. The second-order valence-corrected chi connectivity index (χ2v) is 2.28. The smallest absolute Gasteiger partial charge is 0.180 e. The van der Waals surface area contributed by atoms with E-state index in [4.69, 9.17) is 4.11 Å². The fourth-order valence-corrected chi connectivity index (χ4v) is 0.874. The summed E-state index contributed by atoms with van der Waals surface area (Å²) in [6.07, 6.45) is 2.63. The molecule has 1 heterocycles. The summed E-state index contributed by atoms with van der Waals surface area (Å²) in [5.41, 5.74) is -0.164. The van der Waals surface area contributed by atoms with Crippen LogP contribution in [0.1, 0.15) is 21.5 Å². The van der Waals surface area contributed by atoms with E-state index in [2.05, 4.69) is 25.9 Å². The molecule has 10 heavy (non-hydrogen) atoms. The minimum Gasteiger partial charge on any atom is -0.293 e. The number of aromatic nitrogens is 2. The molecule has 0 bridgehead atoms. The summed E-state index contributed by atoms with van der Waals surface area (Å²) in [6.45, 7) is -2.67. The van der Waals surface area contributed by atoms with Crippen LogP contribution in [-0.4, -0.2) is 15.8 Å². The molecule has 0 amide bonds. The fraction of sp³-hybridized carbons (Fsp3) is 0.167. The molecule has 0 N–H and O–H groups in total. The topological polar surface area (TPSA) is 42.9 Å². The van der Waals surface area contributed by atoms with Crippen molar-refractivity contribution >= 4 is 21.7 Å². The maximum atomic E-state index is 11.2. The molecule has 52 valence electrons. The molecule has 0 saturated carbocycles. The van der Waals surface area contributed by atoms with Gasteiger partial charge in [0.25, 0.3) is 0 Å². The van der Waals surface area contributed by atoms with E-state index in [0.29, 0.717) is 0 Å². The lowest BCUT2D eigenvalue weighted by molar-refractivity contribution is 0.101. The molecule has 0 aliphatic rings. The maximum absolute atomic E-state index is 11.2. The summed E-state index contributed by atoms with van der Waals surface area (Å²) in [5.74, 6) is -1.01. The number of hydrogen-bond acceptors (Lipinski definition) is 3. The highest BCUT2D eigenvalue weighted by atomic mass is 79.9. The average Bonchev–Trinajstić information content (AvgIpc) is 2.02. The molecule has 0 unspecified atom stereocenters. The van der Waals surface area contributed by atoms with Gasteiger partial charge in [-0.1, -0.05) is 0 Å². The standard InChI is InChI=1S/C6H5BrN2O/c1-4(10)5-6(7)9-3-2-8-5/h2-3H,1H3/i1D3. The third-order valence-electron chi connectivity index (χ3n) is 0.869. The van der Waals surface area contributed by atoms with Crippen molar-refractivity contribution in [3.8, 4) is 0 Å². The van der Waals surface area contributed by atoms with Crippen LogP contribution in [0.3, 0.4) is 0 Å². The average molecular weight is 204 g/mol. The SMILES string of the molecule is [2H]C([2H])([2H])C(=O)c1nccnc1Br. The molecule has 0 aliphatic heterocycles. The van der Waals surface area contributed by atoms with E-state index < -0.39 is 12.6 Å². The largest absolute Gasteiger partial charge is 0.293 e. The van der Waals surface area contributed by atoms with Crippen LogP contribution < -0.4 is 0 Å². The van der Waals surface area contributed by atoms with Gasteiger partial charge in [-0.3, -0.25) is 4.79 Å². The van der Waals surface area contributed by atoms with Crippen LogP contribution in [0.5, 0.6) is 0 Å².